The predicted molar refractivity (Wildman–Crippen MR) is 132 cm³/mol. The Bertz CT molecular complexity index is 962. The summed E-state index contributed by atoms with van der Waals surface area (Å²) in [7, 11) is 1.76. The van der Waals surface area contributed by atoms with Crippen LogP contribution in [0.25, 0.3) is 0 Å². The van der Waals surface area contributed by atoms with Crippen LogP contribution in [0.1, 0.15) is 61.6 Å². The number of rotatable bonds is 6. The molecule has 2 N–H and O–H groups in total. The minimum Gasteiger partial charge on any atom is -0.369 e. The molecule has 0 spiro atoms. The first-order valence-corrected chi connectivity index (χ1v) is 12.9. The van der Waals surface area contributed by atoms with Crippen LogP contribution in [0.3, 0.4) is 0 Å². The Labute approximate surface area is 207 Å². The lowest BCUT2D eigenvalue weighted by Gasteiger charge is -2.41. The largest absolute Gasteiger partial charge is 0.369 e. The molecule has 3 aliphatic rings. The molecule has 7 nitrogen and oxygen atoms in total. The van der Waals surface area contributed by atoms with Crippen molar-refractivity contribution in [2.24, 2.45) is 17.6 Å². The third-order valence-corrected chi connectivity index (χ3v) is 8.32. The minimum atomic E-state index is -0.550. The zero-order valence-corrected chi connectivity index (χ0v) is 21.3. The number of carbonyl (C=O) groups excluding carboxylic acids is 3. The molecule has 4 rings (SSSR count). The molecule has 2 saturated heterocycles. The van der Waals surface area contributed by atoms with E-state index in [0.29, 0.717) is 30.4 Å². The van der Waals surface area contributed by atoms with Crippen molar-refractivity contribution >= 4 is 29.3 Å². The van der Waals surface area contributed by atoms with Crippen LogP contribution in [0.15, 0.2) is 12.1 Å². The maximum Gasteiger partial charge on any atom is 0.226 e. The normalized spacial score (nSPS) is 25.2. The summed E-state index contributed by atoms with van der Waals surface area (Å²) in [6, 6.07) is 3.96. The predicted octanol–water partition coefficient (Wildman–Crippen LogP) is 2.92. The molecule has 3 fully saturated rings. The van der Waals surface area contributed by atoms with E-state index in [4.69, 9.17) is 17.3 Å². The maximum absolute atomic E-state index is 12.9. The van der Waals surface area contributed by atoms with Crippen LogP contribution in [0, 0.1) is 18.8 Å². The summed E-state index contributed by atoms with van der Waals surface area (Å²) in [5.74, 6) is -0.547. The highest BCUT2D eigenvalue weighted by Crippen LogP contribution is 2.37. The first-order valence-electron chi connectivity index (χ1n) is 12.5. The van der Waals surface area contributed by atoms with E-state index in [1.807, 2.05) is 19.1 Å². The molecule has 1 aromatic rings. The molecular weight excluding hydrogens is 452 g/mol. The van der Waals surface area contributed by atoms with E-state index >= 15 is 0 Å². The van der Waals surface area contributed by atoms with Gasteiger partial charge in [0.15, 0.2) is 0 Å². The zero-order chi connectivity index (χ0) is 24.6. The maximum atomic E-state index is 12.9. The van der Waals surface area contributed by atoms with Gasteiger partial charge in [0.2, 0.25) is 17.7 Å². The van der Waals surface area contributed by atoms with Gasteiger partial charge in [0.25, 0.3) is 0 Å². The first kappa shape index (κ1) is 25.0. The molecule has 2 heterocycles. The lowest BCUT2D eigenvalue weighted by Crippen LogP contribution is -2.54. The molecule has 34 heavy (non-hydrogen) atoms. The highest BCUT2D eigenvalue weighted by Gasteiger charge is 2.38. The van der Waals surface area contributed by atoms with Gasteiger partial charge < -0.3 is 15.5 Å². The number of amides is 3. The van der Waals surface area contributed by atoms with E-state index in [-0.39, 0.29) is 23.8 Å². The highest BCUT2D eigenvalue weighted by molar-refractivity contribution is 6.30. The van der Waals surface area contributed by atoms with Crippen LogP contribution in [-0.2, 0) is 20.9 Å². The van der Waals surface area contributed by atoms with Gasteiger partial charge in [-0.25, -0.2) is 0 Å². The molecule has 0 bridgehead atoms. The second-order valence-corrected chi connectivity index (χ2v) is 10.9. The van der Waals surface area contributed by atoms with Crippen molar-refractivity contribution < 1.29 is 14.4 Å². The number of nitrogens with zero attached hydrogens (tertiary/aromatic N) is 3. The van der Waals surface area contributed by atoms with Crippen molar-refractivity contribution in [3.8, 4) is 0 Å². The van der Waals surface area contributed by atoms with Gasteiger partial charge in [0.1, 0.15) is 0 Å². The Morgan fingerprint density at radius 3 is 2.47 bits per heavy atom. The van der Waals surface area contributed by atoms with Gasteiger partial charge in [-0.3, -0.25) is 19.3 Å². The molecule has 2 aliphatic heterocycles. The van der Waals surface area contributed by atoms with Gasteiger partial charge in [-0.05, 0) is 55.5 Å². The Morgan fingerprint density at radius 2 is 1.88 bits per heavy atom. The van der Waals surface area contributed by atoms with E-state index in [1.165, 1.54) is 12.8 Å². The van der Waals surface area contributed by atoms with Crippen LogP contribution in [0.4, 0.5) is 0 Å². The number of benzene rings is 1. The van der Waals surface area contributed by atoms with Gasteiger partial charge in [-0.2, -0.15) is 0 Å². The van der Waals surface area contributed by atoms with Crippen LogP contribution in [0.5, 0.6) is 0 Å². The van der Waals surface area contributed by atoms with Crippen molar-refractivity contribution in [1.82, 2.24) is 14.7 Å². The van der Waals surface area contributed by atoms with Crippen LogP contribution >= 0.6 is 11.6 Å². The third-order valence-electron chi connectivity index (χ3n) is 8.10. The molecule has 0 unspecified atom stereocenters. The summed E-state index contributed by atoms with van der Waals surface area (Å²) in [6.07, 6.45) is 4.71. The number of halogens is 1. The number of primary amides is 1. The summed E-state index contributed by atoms with van der Waals surface area (Å²) >= 11 is 6.52. The SMILES string of the molecule is Cc1c(CN2CCN(C(=O)C3CCCC3)[C@@H](C)C2)cc(Cl)cc1[C@@H](C(N)=O)[C@@H]1CC(=O)N(C)C1. The van der Waals surface area contributed by atoms with E-state index in [0.717, 1.165) is 49.2 Å². The fraction of sp³-hybridized carbons (Fsp3) is 0.654. The van der Waals surface area contributed by atoms with Gasteiger partial charge >= 0.3 is 0 Å². The number of carbonyl (C=O) groups is 3. The lowest BCUT2D eigenvalue weighted by atomic mass is 9.81. The lowest BCUT2D eigenvalue weighted by molar-refractivity contribution is -0.140. The molecule has 1 aliphatic carbocycles. The number of piperazine rings is 1. The highest BCUT2D eigenvalue weighted by atomic mass is 35.5. The van der Waals surface area contributed by atoms with Crippen LogP contribution < -0.4 is 5.73 Å². The Balaban J connectivity index is 1.49. The standard InChI is InChI=1S/C26H37ClN4O3/c1-16-13-30(8-9-31(16)26(34)18-6-4-5-7-18)15-19-10-21(27)12-22(17(19)2)24(25(28)33)20-11-23(32)29(3)14-20/h10,12,16,18,20,24H,4-9,11,13-15H2,1-3H3,(H2,28,33)/t16-,20+,24-/m0/s1. The fourth-order valence-electron chi connectivity index (χ4n) is 6.16. The number of hydrogen-bond acceptors (Lipinski definition) is 4. The second-order valence-electron chi connectivity index (χ2n) is 10.5. The van der Waals surface area contributed by atoms with Crippen molar-refractivity contribution in [2.75, 3.05) is 33.2 Å². The van der Waals surface area contributed by atoms with Gasteiger partial charge in [0, 0.05) is 69.1 Å². The molecule has 0 aromatic heterocycles. The number of likely N-dealkylation sites (tertiary alicyclic amines) is 1. The Hall–Kier alpha value is -2.12. The molecule has 1 saturated carbocycles. The average Bonchev–Trinajstić information content (AvgIpc) is 3.41. The zero-order valence-electron chi connectivity index (χ0n) is 20.6. The summed E-state index contributed by atoms with van der Waals surface area (Å²) in [5.41, 5.74) is 8.74. The third kappa shape index (κ3) is 5.10. The van der Waals surface area contributed by atoms with E-state index in [1.54, 1.807) is 11.9 Å². The Kier molecular flexibility index (Phi) is 7.53. The van der Waals surface area contributed by atoms with Crippen LogP contribution in [-0.4, -0.2) is 71.7 Å². The smallest absolute Gasteiger partial charge is 0.226 e. The summed E-state index contributed by atoms with van der Waals surface area (Å²) < 4.78 is 0. The quantitative estimate of drug-likeness (QED) is 0.667. The van der Waals surface area contributed by atoms with Gasteiger partial charge in [-0.1, -0.05) is 24.4 Å². The molecule has 3 atom stereocenters. The number of hydrogen-bond donors (Lipinski definition) is 1. The molecule has 8 heteroatoms. The topological polar surface area (TPSA) is 87.0 Å². The number of nitrogens with two attached hydrogens (primary N) is 1. The van der Waals surface area contributed by atoms with E-state index < -0.39 is 11.8 Å². The monoisotopic (exact) mass is 488 g/mol. The molecule has 1 aromatic carbocycles. The van der Waals surface area contributed by atoms with Crippen molar-refractivity contribution in [3.63, 3.8) is 0 Å². The van der Waals surface area contributed by atoms with Crippen molar-refractivity contribution in [3.05, 3.63) is 33.8 Å². The fourth-order valence-corrected chi connectivity index (χ4v) is 6.41. The summed E-state index contributed by atoms with van der Waals surface area (Å²) in [5, 5.41) is 0.572. The second kappa shape index (κ2) is 10.2. The van der Waals surface area contributed by atoms with E-state index in [2.05, 4.69) is 16.7 Å². The first-order chi connectivity index (χ1) is 16.2. The van der Waals surface area contributed by atoms with Crippen molar-refractivity contribution in [2.45, 2.75) is 64.5 Å². The molecule has 186 valence electrons. The van der Waals surface area contributed by atoms with Crippen molar-refractivity contribution in [1.29, 1.82) is 0 Å². The molecular formula is C26H37ClN4O3. The summed E-state index contributed by atoms with van der Waals surface area (Å²) in [4.78, 5) is 43.7. The van der Waals surface area contributed by atoms with Gasteiger partial charge in [0.05, 0.1) is 5.92 Å². The van der Waals surface area contributed by atoms with Gasteiger partial charge in [-0.15, -0.1) is 0 Å². The minimum absolute atomic E-state index is 0.0372. The average molecular weight is 489 g/mol. The van der Waals surface area contributed by atoms with E-state index in [9.17, 15) is 14.4 Å². The Morgan fingerprint density at radius 1 is 1.18 bits per heavy atom. The van der Waals surface area contributed by atoms with Crippen LogP contribution in [0.2, 0.25) is 5.02 Å². The molecule has 3 amide bonds. The molecule has 0 radical (unpaired) electrons. The summed E-state index contributed by atoms with van der Waals surface area (Å²) in [6.45, 7) is 7.72.